The molecule has 6 heteroatoms. The summed E-state index contributed by atoms with van der Waals surface area (Å²) >= 11 is 15.6. The Kier molecular flexibility index (Phi) is 5.70. The highest BCUT2D eigenvalue weighted by Crippen LogP contribution is 2.34. The lowest BCUT2D eigenvalue weighted by Crippen LogP contribution is -2.34. The Morgan fingerprint density at radius 2 is 1.69 bits per heavy atom. The molecule has 0 heterocycles. The lowest BCUT2D eigenvalue weighted by Gasteiger charge is -2.15. The molecule has 2 nitrogen and oxygen atoms in total. The summed E-state index contributed by atoms with van der Waals surface area (Å²) in [4.78, 5) is 0. The molecule has 1 aromatic rings. The van der Waals surface area contributed by atoms with Gasteiger partial charge in [-0.2, -0.15) is 0 Å². The molecule has 0 saturated carbocycles. The fourth-order valence-electron chi connectivity index (χ4n) is 1.07. The van der Waals surface area contributed by atoms with Gasteiger partial charge < -0.3 is 10.6 Å². The zero-order chi connectivity index (χ0) is 12.3. The van der Waals surface area contributed by atoms with Crippen LogP contribution in [0.2, 0.25) is 0 Å². The van der Waals surface area contributed by atoms with Gasteiger partial charge in [-0.3, -0.25) is 0 Å². The average molecular weight is 431 g/mol. The maximum atomic E-state index is 5.19. The first-order valence-electron chi connectivity index (χ1n) is 4.62. The van der Waals surface area contributed by atoms with Gasteiger partial charge in [0.15, 0.2) is 5.11 Å². The van der Waals surface area contributed by atoms with E-state index in [4.69, 9.17) is 12.2 Å². The minimum Gasteiger partial charge on any atom is -0.360 e. The molecule has 16 heavy (non-hydrogen) atoms. The van der Waals surface area contributed by atoms with Gasteiger partial charge >= 0.3 is 0 Å². The van der Waals surface area contributed by atoms with E-state index in [2.05, 4.69) is 58.4 Å². The Bertz CT molecular complexity index is 384. The first-order chi connectivity index (χ1) is 7.40. The van der Waals surface area contributed by atoms with Crippen LogP contribution in [0.25, 0.3) is 0 Å². The summed E-state index contributed by atoms with van der Waals surface area (Å²) in [5, 5.41) is 6.88. The summed E-state index contributed by atoms with van der Waals surface area (Å²) in [5.41, 5.74) is 0.918. The number of benzene rings is 1. The topological polar surface area (TPSA) is 24.1 Å². The number of thiocarbonyl (C=S) groups is 1. The molecule has 0 aromatic heterocycles. The molecule has 0 saturated heterocycles. The van der Waals surface area contributed by atoms with Gasteiger partial charge in [0.2, 0.25) is 0 Å². The molecule has 0 unspecified atom stereocenters. The third-order valence-electron chi connectivity index (χ3n) is 1.67. The number of nitrogens with one attached hydrogen (secondary N) is 2. The Morgan fingerprint density at radius 1 is 1.19 bits per heavy atom. The van der Waals surface area contributed by atoms with Gasteiger partial charge in [-0.05, 0) is 70.1 Å². The highest BCUT2D eigenvalue weighted by atomic mass is 79.9. The molecule has 0 bridgehead atoms. The van der Waals surface area contributed by atoms with E-state index in [1.54, 1.807) is 0 Å². The summed E-state index contributed by atoms with van der Waals surface area (Å²) in [7, 11) is 0. The zero-order valence-corrected chi connectivity index (χ0v) is 14.3. The molecule has 0 spiro atoms. The van der Waals surface area contributed by atoms with Gasteiger partial charge in [-0.1, -0.05) is 15.9 Å². The summed E-state index contributed by atoms with van der Waals surface area (Å²) in [6.45, 7) is 4.08. The maximum Gasteiger partial charge on any atom is 0.171 e. The van der Waals surface area contributed by atoms with Gasteiger partial charge in [-0.25, -0.2) is 0 Å². The van der Waals surface area contributed by atoms with Crippen LogP contribution in [0.4, 0.5) is 5.69 Å². The van der Waals surface area contributed by atoms with Crippen molar-refractivity contribution in [3.05, 3.63) is 25.6 Å². The van der Waals surface area contributed by atoms with Crippen molar-refractivity contribution in [2.45, 2.75) is 19.9 Å². The molecule has 1 rings (SSSR count). The Balaban J connectivity index is 2.85. The largest absolute Gasteiger partial charge is 0.360 e. The molecule has 0 aliphatic heterocycles. The summed E-state index contributed by atoms with van der Waals surface area (Å²) < 4.78 is 2.89. The van der Waals surface area contributed by atoms with Crippen molar-refractivity contribution in [3.63, 3.8) is 0 Å². The van der Waals surface area contributed by atoms with E-state index in [0.717, 1.165) is 19.1 Å². The molecule has 0 aliphatic rings. The highest BCUT2D eigenvalue weighted by molar-refractivity contribution is 9.11. The molecule has 0 fully saturated rings. The Morgan fingerprint density at radius 3 is 2.12 bits per heavy atom. The first-order valence-corrected chi connectivity index (χ1v) is 7.41. The minimum absolute atomic E-state index is 0.313. The molecule has 0 amide bonds. The maximum absolute atomic E-state index is 5.19. The number of anilines is 1. The molecule has 0 aliphatic carbocycles. The predicted molar refractivity (Wildman–Crippen MR) is 84.0 cm³/mol. The molecule has 0 radical (unpaired) electrons. The second-order valence-electron chi connectivity index (χ2n) is 3.50. The zero-order valence-electron chi connectivity index (χ0n) is 8.77. The molecular formula is C10H11Br3N2S. The quantitative estimate of drug-likeness (QED) is 0.667. The van der Waals surface area contributed by atoms with E-state index in [1.165, 1.54) is 0 Å². The SMILES string of the molecule is CC(C)NC(=S)Nc1c(Br)cc(Br)cc1Br. The van der Waals surface area contributed by atoms with Crippen LogP contribution in [0.3, 0.4) is 0 Å². The number of rotatable bonds is 2. The van der Waals surface area contributed by atoms with Crippen LogP contribution in [0, 0.1) is 0 Å². The van der Waals surface area contributed by atoms with Crippen molar-refractivity contribution in [3.8, 4) is 0 Å². The molecule has 2 N–H and O–H groups in total. The number of halogens is 3. The smallest absolute Gasteiger partial charge is 0.171 e. The second kappa shape index (κ2) is 6.33. The van der Waals surface area contributed by atoms with Crippen LogP contribution in [0.15, 0.2) is 25.6 Å². The van der Waals surface area contributed by atoms with Gasteiger partial charge in [-0.15, -0.1) is 0 Å². The molecule has 88 valence electrons. The lowest BCUT2D eigenvalue weighted by atomic mass is 10.3. The number of hydrogen-bond donors (Lipinski definition) is 2. The molecule has 0 atom stereocenters. The monoisotopic (exact) mass is 428 g/mol. The van der Waals surface area contributed by atoms with Gasteiger partial charge in [0, 0.05) is 19.5 Å². The predicted octanol–water partition coefficient (Wildman–Crippen LogP) is 4.67. The standard InChI is InChI=1S/C10H11Br3N2S/c1-5(2)14-10(16)15-9-7(12)3-6(11)4-8(9)13/h3-5H,1-2H3,(H2,14,15,16). The fraction of sp³-hybridized carbons (Fsp3) is 0.300. The minimum atomic E-state index is 0.313. The van der Waals surface area contributed by atoms with E-state index in [0.29, 0.717) is 11.2 Å². The second-order valence-corrected chi connectivity index (χ2v) is 6.53. The van der Waals surface area contributed by atoms with Gasteiger partial charge in [0.1, 0.15) is 0 Å². The van der Waals surface area contributed by atoms with Crippen molar-refractivity contribution in [2.75, 3.05) is 5.32 Å². The fourth-order valence-corrected chi connectivity index (χ4v) is 3.87. The Hall–Kier alpha value is 0.350. The number of hydrogen-bond acceptors (Lipinski definition) is 1. The van der Waals surface area contributed by atoms with Crippen LogP contribution < -0.4 is 10.6 Å². The van der Waals surface area contributed by atoms with Gasteiger partial charge in [0.05, 0.1) is 5.69 Å². The third-order valence-corrected chi connectivity index (χ3v) is 3.59. The van der Waals surface area contributed by atoms with E-state index in [1.807, 2.05) is 26.0 Å². The lowest BCUT2D eigenvalue weighted by molar-refractivity contribution is 0.739. The van der Waals surface area contributed by atoms with Crippen LogP contribution in [0.1, 0.15) is 13.8 Å². The normalized spacial score (nSPS) is 10.4. The summed E-state index contributed by atoms with van der Waals surface area (Å²) in [6.07, 6.45) is 0. The van der Waals surface area contributed by atoms with Crippen molar-refractivity contribution < 1.29 is 0 Å². The molecular weight excluding hydrogens is 420 g/mol. The third kappa shape index (κ3) is 4.31. The Labute approximate surface area is 126 Å². The van der Waals surface area contributed by atoms with Crippen molar-refractivity contribution in [2.24, 2.45) is 0 Å². The van der Waals surface area contributed by atoms with Crippen molar-refractivity contribution in [1.82, 2.24) is 5.32 Å². The van der Waals surface area contributed by atoms with Crippen LogP contribution in [0.5, 0.6) is 0 Å². The van der Waals surface area contributed by atoms with E-state index in [9.17, 15) is 0 Å². The first kappa shape index (κ1) is 14.4. The van der Waals surface area contributed by atoms with E-state index < -0.39 is 0 Å². The van der Waals surface area contributed by atoms with E-state index in [-0.39, 0.29) is 0 Å². The average Bonchev–Trinajstić information content (AvgIpc) is 2.09. The van der Waals surface area contributed by atoms with Crippen molar-refractivity contribution in [1.29, 1.82) is 0 Å². The van der Waals surface area contributed by atoms with E-state index >= 15 is 0 Å². The summed E-state index contributed by atoms with van der Waals surface area (Å²) in [5.74, 6) is 0. The summed E-state index contributed by atoms with van der Waals surface area (Å²) in [6, 6.07) is 4.24. The highest BCUT2D eigenvalue weighted by Gasteiger charge is 2.08. The van der Waals surface area contributed by atoms with Crippen molar-refractivity contribution >= 4 is 70.8 Å². The van der Waals surface area contributed by atoms with Crippen LogP contribution in [-0.4, -0.2) is 11.2 Å². The van der Waals surface area contributed by atoms with Crippen LogP contribution >= 0.6 is 60.0 Å². The van der Waals surface area contributed by atoms with Crippen LogP contribution in [-0.2, 0) is 0 Å². The van der Waals surface area contributed by atoms with Gasteiger partial charge in [0.25, 0.3) is 0 Å². The molecule has 1 aromatic carbocycles.